The number of hydrogen-bond donors (Lipinski definition) is 0. The lowest BCUT2D eigenvalue weighted by molar-refractivity contribution is 0.384. The van der Waals surface area contributed by atoms with Crippen molar-refractivity contribution in [2.45, 2.75) is 0 Å². The fraction of sp³-hybridized carbons (Fsp3) is 0. The van der Waals surface area contributed by atoms with Crippen molar-refractivity contribution >= 4 is 14.7 Å². The van der Waals surface area contributed by atoms with Crippen LogP contribution in [0.1, 0.15) is 0 Å². The van der Waals surface area contributed by atoms with Gasteiger partial charge in [0.15, 0.2) is 23.3 Å². The highest BCUT2D eigenvalue weighted by molar-refractivity contribution is 6.58. The van der Waals surface area contributed by atoms with Gasteiger partial charge in [-0.3, -0.25) is 0 Å². The van der Waals surface area contributed by atoms with E-state index < -0.39 is 43.8 Å². The largest absolute Gasteiger partial charge is 0.204 e. The molecule has 0 nitrogen and oxygen atoms in total. The van der Waals surface area contributed by atoms with Gasteiger partial charge in [0, 0.05) is 5.19 Å². The number of hydrogen-bond acceptors (Lipinski definition) is 0. The highest BCUT2D eigenvalue weighted by atomic mass is 28.2. The number of benzene rings is 1. The Bertz CT molecular complexity index is 359. The molecule has 0 saturated carbocycles. The first kappa shape index (κ1) is 10.9. The molecule has 0 unspecified atom stereocenters. The van der Waals surface area contributed by atoms with E-state index in [0.29, 0.717) is 0 Å². The molecule has 0 radical (unpaired) electrons. The molecule has 0 heterocycles. The van der Waals surface area contributed by atoms with Gasteiger partial charge in [-0.05, 0) is 0 Å². The zero-order chi connectivity index (χ0) is 10.9. The van der Waals surface area contributed by atoms with Crippen LogP contribution in [-0.2, 0) is 0 Å². The minimum atomic E-state index is -2.12. The van der Waals surface area contributed by atoms with Crippen molar-refractivity contribution in [2.75, 3.05) is 0 Å². The van der Waals surface area contributed by atoms with E-state index in [1.165, 1.54) is 5.70 Å². The van der Waals surface area contributed by atoms with E-state index in [9.17, 15) is 22.0 Å². The summed E-state index contributed by atoms with van der Waals surface area (Å²) in [6.07, 6.45) is 0. The molecule has 0 spiro atoms. The van der Waals surface area contributed by atoms with E-state index in [-0.39, 0.29) is 0 Å². The van der Waals surface area contributed by atoms with E-state index in [2.05, 4.69) is 6.58 Å². The molecule has 1 aromatic rings. The lowest BCUT2D eigenvalue weighted by atomic mass is 10.3. The summed E-state index contributed by atoms with van der Waals surface area (Å²) in [5.41, 5.74) is 1.19. The molecule has 0 N–H and O–H groups in total. The third-order valence-corrected chi connectivity index (χ3v) is 2.97. The maximum atomic E-state index is 12.9. The smallest absolute Gasteiger partial charge is 0.200 e. The van der Waals surface area contributed by atoms with Crippen LogP contribution in [0.4, 0.5) is 22.0 Å². The van der Waals surface area contributed by atoms with Crippen LogP contribution in [-0.4, -0.2) is 9.52 Å². The van der Waals surface area contributed by atoms with Crippen LogP contribution in [0.5, 0.6) is 0 Å². The second kappa shape index (κ2) is 3.91. The first-order valence-corrected chi connectivity index (χ1v) is 5.14. The standard InChI is InChI=1S/C8H5F5Si/c1-2-14-8-6(12)4(10)3(9)5(11)7(8)13/h2H,1,14H2. The third kappa shape index (κ3) is 1.57. The zero-order valence-electron chi connectivity index (χ0n) is 6.88. The minimum Gasteiger partial charge on any atom is -0.204 e. The summed E-state index contributed by atoms with van der Waals surface area (Å²) in [5, 5.41) is -0.726. The Hall–Kier alpha value is -1.17. The van der Waals surface area contributed by atoms with Gasteiger partial charge < -0.3 is 0 Å². The zero-order valence-corrected chi connectivity index (χ0v) is 8.30. The molecule has 0 atom stereocenters. The van der Waals surface area contributed by atoms with Crippen molar-refractivity contribution < 1.29 is 22.0 Å². The number of rotatable bonds is 2. The van der Waals surface area contributed by atoms with Gasteiger partial charge >= 0.3 is 0 Å². The topological polar surface area (TPSA) is 0 Å². The first-order chi connectivity index (χ1) is 6.50. The van der Waals surface area contributed by atoms with Gasteiger partial charge in [0.25, 0.3) is 0 Å². The molecule has 0 amide bonds. The maximum Gasteiger partial charge on any atom is 0.200 e. The van der Waals surface area contributed by atoms with Gasteiger partial charge in [-0.25, -0.2) is 22.0 Å². The molecule has 14 heavy (non-hydrogen) atoms. The summed E-state index contributed by atoms with van der Waals surface area (Å²) in [4.78, 5) is 0. The molecule has 1 rings (SSSR count). The summed E-state index contributed by atoms with van der Waals surface area (Å²) < 4.78 is 63.3. The highest BCUT2D eigenvalue weighted by Crippen LogP contribution is 2.15. The molecule has 6 heteroatoms. The number of halogens is 5. The molecule has 0 saturated heterocycles. The van der Waals surface area contributed by atoms with Crippen LogP contribution in [0.25, 0.3) is 0 Å². The van der Waals surface area contributed by atoms with E-state index >= 15 is 0 Å². The molecule has 0 aromatic heterocycles. The van der Waals surface area contributed by atoms with Crippen LogP contribution in [0.3, 0.4) is 0 Å². The Labute approximate surface area is 78.9 Å². The second-order valence-electron chi connectivity index (χ2n) is 2.54. The van der Waals surface area contributed by atoms with Crippen LogP contribution in [0.15, 0.2) is 12.3 Å². The predicted octanol–water partition coefficient (Wildman–Crippen LogP) is 1.32. The van der Waals surface area contributed by atoms with Crippen LogP contribution in [0, 0.1) is 29.1 Å². The third-order valence-electron chi connectivity index (χ3n) is 1.65. The second-order valence-corrected chi connectivity index (χ2v) is 4.23. The van der Waals surface area contributed by atoms with Gasteiger partial charge in [0.2, 0.25) is 5.82 Å². The van der Waals surface area contributed by atoms with E-state index in [0.717, 1.165) is 0 Å². The molecule has 1 aromatic carbocycles. The molecule has 76 valence electrons. The first-order valence-electron chi connectivity index (χ1n) is 3.61. The average molecular weight is 224 g/mol. The van der Waals surface area contributed by atoms with E-state index in [1.807, 2.05) is 0 Å². The van der Waals surface area contributed by atoms with Gasteiger partial charge in [0.05, 0.1) is 9.52 Å². The van der Waals surface area contributed by atoms with Gasteiger partial charge in [-0.1, -0.05) is 0 Å². The predicted molar refractivity (Wildman–Crippen MR) is 44.6 cm³/mol. The van der Waals surface area contributed by atoms with Crippen molar-refractivity contribution in [3.63, 3.8) is 0 Å². The summed E-state index contributed by atoms with van der Waals surface area (Å²) in [5.74, 6) is -9.40. The Morgan fingerprint density at radius 1 is 0.786 bits per heavy atom. The van der Waals surface area contributed by atoms with Crippen molar-refractivity contribution in [3.8, 4) is 0 Å². The molecule has 0 aliphatic rings. The average Bonchev–Trinajstić information content (AvgIpc) is 2.19. The lowest BCUT2D eigenvalue weighted by Gasteiger charge is -2.05. The Morgan fingerprint density at radius 2 is 1.14 bits per heavy atom. The molecule has 0 fully saturated rings. The van der Waals surface area contributed by atoms with Crippen molar-refractivity contribution in [1.82, 2.24) is 0 Å². The Kier molecular flexibility index (Phi) is 3.05. The van der Waals surface area contributed by atoms with Crippen LogP contribution in [0.2, 0.25) is 0 Å². The monoisotopic (exact) mass is 224 g/mol. The summed E-state index contributed by atoms with van der Waals surface area (Å²) in [6, 6.07) is 0. The normalized spacial score (nSPS) is 11.2. The SMILES string of the molecule is C=C[SiH2]c1c(F)c(F)c(F)c(F)c1F. The van der Waals surface area contributed by atoms with Gasteiger partial charge in [0.1, 0.15) is 0 Å². The summed E-state index contributed by atoms with van der Waals surface area (Å²) >= 11 is 0. The van der Waals surface area contributed by atoms with Crippen molar-refractivity contribution in [1.29, 1.82) is 0 Å². The fourth-order valence-electron chi connectivity index (χ4n) is 0.974. The molecule has 0 aliphatic heterocycles. The van der Waals surface area contributed by atoms with Gasteiger partial charge in [-0.15, -0.1) is 12.3 Å². The molecular formula is C8H5F5Si. The quantitative estimate of drug-likeness (QED) is 0.307. The van der Waals surface area contributed by atoms with Crippen molar-refractivity contribution in [2.24, 2.45) is 0 Å². The fourth-order valence-corrected chi connectivity index (χ4v) is 1.93. The highest BCUT2D eigenvalue weighted by Gasteiger charge is 2.24. The van der Waals surface area contributed by atoms with Crippen molar-refractivity contribution in [3.05, 3.63) is 41.4 Å². The summed E-state index contributed by atoms with van der Waals surface area (Å²) in [6.45, 7) is 3.21. The van der Waals surface area contributed by atoms with E-state index in [4.69, 9.17) is 0 Å². The van der Waals surface area contributed by atoms with Gasteiger partial charge in [-0.2, -0.15) is 0 Å². The van der Waals surface area contributed by atoms with Crippen LogP contribution < -0.4 is 5.19 Å². The lowest BCUT2D eigenvalue weighted by Crippen LogP contribution is -2.26. The summed E-state index contributed by atoms with van der Waals surface area (Å²) in [7, 11) is -1.65. The Morgan fingerprint density at radius 3 is 1.50 bits per heavy atom. The Balaban J connectivity index is 3.50. The van der Waals surface area contributed by atoms with Crippen LogP contribution >= 0.6 is 0 Å². The molecular weight excluding hydrogens is 219 g/mol. The maximum absolute atomic E-state index is 12.9. The molecule has 0 bridgehead atoms. The van der Waals surface area contributed by atoms with E-state index in [1.54, 1.807) is 0 Å². The minimum absolute atomic E-state index is 0.726. The molecule has 0 aliphatic carbocycles.